The molecule has 0 radical (unpaired) electrons. The Hall–Kier alpha value is -10.1. The lowest BCUT2D eigenvalue weighted by atomic mass is 9.88. The van der Waals surface area contributed by atoms with Crippen LogP contribution in [0.1, 0.15) is 29.8 Å². The second-order valence-electron chi connectivity index (χ2n) is 19.6. The maximum Gasteiger partial charge on any atom is 0.164 e. The van der Waals surface area contributed by atoms with E-state index in [1.54, 1.807) is 0 Å². The number of hydrogen-bond acceptors (Lipinski definition) is 6. The van der Waals surface area contributed by atoms with Gasteiger partial charge in [0.2, 0.25) is 0 Å². The molecule has 0 N–H and O–H groups in total. The van der Waals surface area contributed by atoms with Gasteiger partial charge in [0.05, 0.1) is 17.1 Å². The van der Waals surface area contributed by atoms with Gasteiger partial charge in [0.1, 0.15) is 22.3 Å². The number of rotatable bonds is 8. The molecule has 6 nitrogen and oxygen atoms in total. The highest BCUT2D eigenvalue weighted by Gasteiger charge is 2.37. The minimum absolute atomic E-state index is 0.120. The number of para-hydroxylation sites is 2. The van der Waals surface area contributed by atoms with Crippen molar-refractivity contribution < 1.29 is 8.83 Å². The minimum atomic E-state index is 0.120. The van der Waals surface area contributed by atoms with E-state index in [2.05, 4.69) is 217 Å². The van der Waals surface area contributed by atoms with Crippen LogP contribution in [-0.2, 0) is 0 Å². The van der Waals surface area contributed by atoms with Crippen molar-refractivity contribution in [1.82, 2.24) is 15.0 Å². The molecule has 0 fully saturated rings. The molecular weight excluding hydrogens is 929 g/mol. The van der Waals surface area contributed by atoms with Crippen molar-refractivity contribution >= 4 is 72.0 Å². The Balaban J connectivity index is 0.836. The minimum Gasteiger partial charge on any atom is -0.456 e. The molecule has 9 aromatic carbocycles. The lowest BCUT2D eigenvalue weighted by molar-refractivity contribution is 0.668. The fourth-order valence-electron chi connectivity index (χ4n) is 11.6. The fraction of sp³-hybridized carbons (Fsp3) is 0.0429. The van der Waals surface area contributed by atoms with Crippen molar-refractivity contribution in [3.05, 3.63) is 254 Å². The van der Waals surface area contributed by atoms with Crippen molar-refractivity contribution in [2.75, 3.05) is 4.90 Å². The van der Waals surface area contributed by atoms with E-state index in [0.717, 1.165) is 112 Å². The molecule has 1 atom stereocenters. The third-order valence-electron chi connectivity index (χ3n) is 15.1. The van der Waals surface area contributed by atoms with Gasteiger partial charge in [-0.05, 0) is 135 Å². The summed E-state index contributed by atoms with van der Waals surface area (Å²) in [4.78, 5) is 18.4. The zero-order valence-corrected chi connectivity index (χ0v) is 41.1. The summed E-state index contributed by atoms with van der Waals surface area (Å²) < 4.78 is 13.0. The summed E-state index contributed by atoms with van der Waals surface area (Å²) >= 11 is 0. The van der Waals surface area contributed by atoms with Crippen molar-refractivity contribution in [2.24, 2.45) is 0 Å². The van der Waals surface area contributed by atoms with Crippen LogP contribution < -0.4 is 4.90 Å². The SMILES string of the molecule is C1#CCC(c2nc(-c3cccc(-c4cc(-c5ccccc5)cc(-c5ccccc5)c4)c3)nc(-c3cccc4oc5ccc(C6=CCC7C(=C6)c6ccccc6N7c6cccc7oc8ccccc8c67)cc5c34)n2)=CC=C1. The summed E-state index contributed by atoms with van der Waals surface area (Å²) in [6.45, 7) is 0. The predicted octanol–water partition coefficient (Wildman–Crippen LogP) is 17.7. The number of allylic oxidation sites excluding steroid dienone is 6. The number of furan rings is 2. The summed E-state index contributed by atoms with van der Waals surface area (Å²) in [6, 6.07) is 72.9. The van der Waals surface area contributed by atoms with Crippen molar-refractivity contribution in [1.29, 1.82) is 0 Å². The average Bonchev–Trinajstić information content (AvgIpc) is 4.19. The zero-order valence-electron chi connectivity index (χ0n) is 41.1. The smallest absolute Gasteiger partial charge is 0.164 e. The molecular formula is C70H44N4O2. The lowest BCUT2D eigenvalue weighted by Gasteiger charge is -2.30. The standard InChI is InChI=1S/C70H44N4O2/c1-2-6-23-46(22-5-1)68-71-69(50-25-15-24-47(38-50)53-40-51(44-18-7-3-8-19-44)39-52(41-53)45-20-9-4-10-21-45)73-70(72-68)56-28-16-32-64-66(56)58-43-49(35-37-63(58)76-64)48-34-36-60-57(42-48)54-26-11-13-29-59(54)74(60)61-30-17-33-65-67(61)55-27-12-14-31-62(55)75-65/h1,3-5,7-22,24-35,37-43,60H,23,36H2. The summed E-state index contributed by atoms with van der Waals surface area (Å²) in [5, 5.41) is 4.22. The molecule has 0 amide bonds. The number of fused-ring (bicyclic) bond motifs is 9. The van der Waals surface area contributed by atoms with Crippen LogP contribution in [-0.4, -0.2) is 21.0 Å². The highest BCUT2D eigenvalue weighted by atomic mass is 16.3. The molecule has 15 rings (SSSR count). The first-order chi connectivity index (χ1) is 37.6. The predicted molar refractivity (Wildman–Crippen MR) is 310 cm³/mol. The molecule has 356 valence electrons. The molecule has 0 saturated heterocycles. The van der Waals surface area contributed by atoms with E-state index in [9.17, 15) is 0 Å². The first kappa shape index (κ1) is 43.5. The summed E-state index contributed by atoms with van der Waals surface area (Å²) in [6.07, 6.45) is 12.0. The molecule has 4 heterocycles. The van der Waals surface area contributed by atoms with Crippen molar-refractivity contribution in [3.8, 4) is 68.0 Å². The summed E-state index contributed by atoms with van der Waals surface area (Å²) in [5.41, 5.74) is 20.0. The Morgan fingerprint density at radius 1 is 0.447 bits per heavy atom. The normalized spacial score (nSPS) is 14.8. The van der Waals surface area contributed by atoms with Gasteiger partial charge in [-0.3, -0.25) is 0 Å². The molecule has 3 aliphatic rings. The Bertz CT molecular complexity index is 4490. The van der Waals surface area contributed by atoms with Gasteiger partial charge >= 0.3 is 0 Å². The molecule has 0 bridgehead atoms. The first-order valence-corrected chi connectivity index (χ1v) is 25.8. The van der Waals surface area contributed by atoms with Crippen LogP contribution in [0.5, 0.6) is 0 Å². The maximum absolute atomic E-state index is 6.66. The van der Waals surface area contributed by atoms with Gasteiger partial charge in [0, 0.05) is 50.5 Å². The topological polar surface area (TPSA) is 68.2 Å². The van der Waals surface area contributed by atoms with E-state index in [1.807, 2.05) is 36.4 Å². The highest BCUT2D eigenvalue weighted by Crippen LogP contribution is 2.52. The molecule has 76 heavy (non-hydrogen) atoms. The van der Waals surface area contributed by atoms with E-state index in [1.165, 1.54) is 22.4 Å². The Labute approximate surface area is 439 Å². The van der Waals surface area contributed by atoms with Gasteiger partial charge in [0.15, 0.2) is 17.5 Å². The molecule has 2 aliphatic carbocycles. The number of anilines is 2. The second-order valence-corrected chi connectivity index (χ2v) is 19.6. The fourth-order valence-corrected chi connectivity index (χ4v) is 11.6. The van der Waals surface area contributed by atoms with E-state index < -0.39 is 0 Å². The van der Waals surface area contributed by atoms with Gasteiger partial charge in [-0.1, -0.05) is 170 Å². The lowest BCUT2D eigenvalue weighted by Crippen LogP contribution is -2.27. The number of nitrogens with zero attached hydrogens (tertiary/aromatic N) is 4. The number of aromatic nitrogens is 3. The van der Waals surface area contributed by atoms with Crippen LogP contribution in [0, 0.1) is 11.8 Å². The van der Waals surface area contributed by atoms with Gasteiger partial charge < -0.3 is 13.7 Å². The molecule has 6 heteroatoms. The molecule has 0 saturated carbocycles. The van der Waals surface area contributed by atoms with E-state index in [4.69, 9.17) is 23.8 Å². The zero-order chi connectivity index (χ0) is 50.1. The maximum atomic E-state index is 6.66. The van der Waals surface area contributed by atoms with E-state index in [-0.39, 0.29) is 6.04 Å². The van der Waals surface area contributed by atoms with Crippen LogP contribution in [0.2, 0.25) is 0 Å². The third kappa shape index (κ3) is 7.40. The Kier molecular flexibility index (Phi) is 10.2. The van der Waals surface area contributed by atoms with Crippen LogP contribution in [0.15, 0.2) is 245 Å². The monoisotopic (exact) mass is 972 g/mol. The van der Waals surface area contributed by atoms with Gasteiger partial charge in [-0.2, -0.15) is 0 Å². The summed E-state index contributed by atoms with van der Waals surface area (Å²) in [5.74, 6) is 8.13. The molecule has 12 aromatic rings. The third-order valence-corrected chi connectivity index (χ3v) is 15.1. The highest BCUT2D eigenvalue weighted by molar-refractivity contribution is 6.15. The molecule has 1 unspecified atom stereocenters. The quantitative estimate of drug-likeness (QED) is 0.141. The van der Waals surface area contributed by atoms with Gasteiger partial charge in [-0.15, -0.1) is 0 Å². The number of hydrogen-bond donors (Lipinski definition) is 0. The van der Waals surface area contributed by atoms with Crippen LogP contribution in [0.4, 0.5) is 11.4 Å². The van der Waals surface area contributed by atoms with Gasteiger partial charge in [-0.25, -0.2) is 15.0 Å². The average molecular weight is 973 g/mol. The van der Waals surface area contributed by atoms with E-state index in [0.29, 0.717) is 23.9 Å². The van der Waals surface area contributed by atoms with Gasteiger partial charge in [0.25, 0.3) is 0 Å². The first-order valence-electron chi connectivity index (χ1n) is 25.8. The van der Waals surface area contributed by atoms with Crippen molar-refractivity contribution in [2.45, 2.75) is 18.9 Å². The van der Waals surface area contributed by atoms with Crippen LogP contribution in [0.25, 0.3) is 117 Å². The molecule has 1 aliphatic heterocycles. The number of benzene rings is 9. The van der Waals surface area contributed by atoms with Crippen LogP contribution in [0.3, 0.4) is 0 Å². The van der Waals surface area contributed by atoms with E-state index >= 15 is 0 Å². The Morgan fingerprint density at radius 2 is 1.05 bits per heavy atom. The molecule has 3 aromatic heterocycles. The largest absolute Gasteiger partial charge is 0.456 e. The second kappa shape index (κ2) is 17.8. The van der Waals surface area contributed by atoms with Crippen molar-refractivity contribution in [3.63, 3.8) is 0 Å². The van der Waals surface area contributed by atoms with Crippen LogP contribution >= 0.6 is 0 Å². The molecule has 0 spiro atoms. The Morgan fingerprint density at radius 3 is 1.88 bits per heavy atom. The summed E-state index contributed by atoms with van der Waals surface area (Å²) in [7, 11) is 0.